The quantitative estimate of drug-likeness (QED) is 0.801. The summed E-state index contributed by atoms with van der Waals surface area (Å²) in [4.78, 5) is 38.8. The average molecular weight is 349 g/mol. The van der Waals surface area contributed by atoms with Gasteiger partial charge in [0.2, 0.25) is 5.91 Å². The van der Waals surface area contributed by atoms with Crippen molar-refractivity contribution < 1.29 is 23.9 Å². The maximum Gasteiger partial charge on any atom is 0.314 e. The molecule has 1 aliphatic rings. The number of ketones is 1. The highest BCUT2D eigenvalue weighted by molar-refractivity contribution is 6.01. The number of piperidine rings is 1. The van der Waals surface area contributed by atoms with Gasteiger partial charge < -0.3 is 10.0 Å². The molecular formula is C19H24FNO4. The van der Waals surface area contributed by atoms with Gasteiger partial charge in [0.05, 0.1) is 0 Å². The molecule has 1 aromatic rings. The van der Waals surface area contributed by atoms with Gasteiger partial charge in [-0.1, -0.05) is 26.0 Å². The maximum absolute atomic E-state index is 13.3. The number of carboxylic acid groups (broad SMARTS) is 1. The Bertz CT molecular complexity index is 656. The Morgan fingerprint density at radius 3 is 2.36 bits per heavy atom. The molecule has 0 aromatic heterocycles. The molecule has 6 heteroatoms. The fraction of sp³-hybridized carbons (Fsp3) is 0.526. The zero-order valence-corrected chi connectivity index (χ0v) is 14.7. The molecule has 136 valence electrons. The number of hydrogen-bond acceptors (Lipinski definition) is 3. The normalized spacial score (nSPS) is 20.4. The summed E-state index contributed by atoms with van der Waals surface area (Å²) in [6.07, 6.45) is 1.26. The Balaban J connectivity index is 2.54. The molecule has 1 N–H and O–H groups in total. The Kier molecular flexibility index (Phi) is 5.93. The maximum atomic E-state index is 13.3. The lowest BCUT2D eigenvalue weighted by molar-refractivity contribution is -0.150. The van der Waals surface area contributed by atoms with E-state index in [0.717, 1.165) is 6.42 Å². The van der Waals surface area contributed by atoms with E-state index < -0.39 is 41.2 Å². The van der Waals surface area contributed by atoms with Gasteiger partial charge in [0.15, 0.2) is 0 Å². The first-order valence-corrected chi connectivity index (χ1v) is 8.51. The van der Waals surface area contributed by atoms with Crippen LogP contribution in [-0.4, -0.2) is 41.3 Å². The molecule has 2 rings (SSSR count). The minimum absolute atomic E-state index is 0.164. The first-order valence-electron chi connectivity index (χ1n) is 8.51. The molecule has 1 saturated heterocycles. The lowest BCUT2D eigenvalue weighted by Crippen LogP contribution is -2.45. The molecule has 1 aliphatic heterocycles. The Labute approximate surface area is 146 Å². The molecule has 1 aromatic carbocycles. The zero-order valence-electron chi connectivity index (χ0n) is 14.7. The molecule has 0 bridgehead atoms. The molecule has 25 heavy (non-hydrogen) atoms. The molecule has 0 aliphatic carbocycles. The monoisotopic (exact) mass is 349 g/mol. The third kappa shape index (κ3) is 4.06. The zero-order chi connectivity index (χ0) is 18.7. The lowest BCUT2D eigenvalue weighted by atomic mass is 9.70. The fourth-order valence-corrected chi connectivity index (χ4v) is 3.55. The summed E-state index contributed by atoms with van der Waals surface area (Å²) < 4.78 is 13.3. The summed E-state index contributed by atoms with van der Waals surface area (Å²) >= 11 is 0. The van der Waals surface area contributed by atoms with Gasteiger partial charge >= 0.3 is 5.97 Å². The van der Waals surface area contributed by atoms with E-state index in [-0.39, 0.29) is 5.91 Å². The Morgan fingerprint density at radius 2 is 1.84 bits per heavy atom. The minimum atomic E-state index is -1.33. The molecule has 5 nitrogen and oxygen atoms in total. The van der Waals surface area contributed by atoms with Crippen molar-refractivity contribution in [3.05, 3.63) is 35.6 Å². The van der Waals surface area contributed by atoms with Crippen molar-refractivity contribution in [3.8, 4) is 0 Å². The number of amides is 1. The summed E-state index contributed by atoms with van der Waals surface area (Å²) in [6.45, 7) is 3.91. The fourth-order valence-electron chi connectivity index (χ4n) is 3.55. The van der Waals surface area contributed by atoms with Crippen molar-refractivity contribution in [2.24, 2.45) is 17.8 Å². The van der Waals surface area contributed by atoms with Crippen LogP contribution in [0.5, 0.6) is 0 Å². The third-order valence-corrected chi connectivity index (χ3v) is 4.89. The van der Waals surface area contributed by atoms with Gasteiger partial charge in [-0.15, -0.1) is 0 Å². The number of carbonyl (C=O) groups excluding carboxylic acids is 2. The first kappa shape index (κ1) is 19.1. The number of likely N-dealkylation sites (tertiary alicyclic amines) is 1. The van der Waals surface area contributed by atoms with E-state index in [2.05, 4.69) is 0 Å². The van der Waals surface area contributed by atoms with Crippen LogP contribution in [0.15, 0.2) is 24.3 Å². The van der Waals surface area contributed by atoms with E-state index in [1.54, 1.807) is 25.8 Å². The SMILES string of the molecule is CC(C)C(=O)C(C(=O)O)C(c1ccc(F)cc1)C1CCCN(C)C1=O. The third-order valence-electron chi connectivity index (χ3n) is 4.89. The van der Waals surface area contributed by atoms with E-state index >= 15 is 0 Å². The van der Waals surface area contributed by atoms with Gasteiger partial charge in [0.25, 0.3) is 0 Å². The molecule has 1 heterocycles. The van der Waals surface area contributed by atoms with Crippen molar-refractivity contribution in [2.75, 3.05) is 13.6 Å². The highest BCUT2D eigenvalue weighted by atomic mass is 19.1. The van der Waals surface area contributed by atoms with Gasteiger partial charge in [-0.05, 0) is 30.5 Å². The van der Waals surface area contributed by atoms with Crippen LogP contribution in [0.3, 0.4) is 0 Å². The van der Waals surface area contributed by atoms with Crippen LogP contribution in [0, 0.1) is 23.6 Å². The van der Waals surface area contributed by atoms with Crippen molar-refractivity contribution in [3.63, 3.8) is 0 Å². The van der Waals surface area contributed by atoms with Gasteiger partial charge in [-0.2, -0.15) is 0 Å². The number of carbonyl (C=O) groups is 3. The van der Waals surface area contributed by atoms with E-state index in [0.29, 0.717) is 18.5 Å². The van der Waals surface area contributed by atoms with Crippen LogP contribution in [0.4, 0.5) is 4.39 Å². The summed E-state index contributed by atoms with van der Waals surface area (Å²) in [7, 11) is 1.68. The van der Waals surface area contributed by atoms with Gasteiger partial charge in [-0.25, -0.2) is 4.39 Å². The number of nitrogens with zero attached hydrogens (tertiary/aromatic N) is 1. The van der Waals surface area contributed by atoms with Gasteiger partial charge in [0.1, 0.15) is 17.5 Å². The number of halogens is 1. The van der Waals surface area contributed by atoms with Crippen molar-refractivity contribution in [1.82, 2.24) is 4.90 Å². The standard InChI is InChI=1S/C19H24FNO4/c1-11(2)17(22)16(19(24)25)15(12-6-8-13(20)9-7-12)14-5-4-10-21(3)18(14)23/h6-9,11,14-16H,4-5,10H2,1-3H3,(H,24,25). The second-order valence-electron chi connectivity index (χ2n) is 6.96. The summed E-state index contributed by atoms with van der Waals surface area (Å²) in [5, 5.41) is 9.74. The van der Waals surface area contributed by atoms with E-state index in [1.807, 2.05) is 0 Å². The van der Waals surface area contributed by atoms with Crippen molar-refractivity contribution >= 4 is 17.7 Å². The second-order valence-corrected chi connectivity index (χ2v) is 6.96. The summed E-state index contributed by atoms with van der Waals surface area (Å²) in [5.41, 5.74) is 0.511. The number of benzene rings is 1. The lowest BCUT2D eigenvalue weighted by Gasteiger charge is -2.37. The minimum Gasteiger partial charge on any atom is -0.481 e. The molecule has 0 saturated carbocycles. The largest absolute Gasteiger partial charge is 0.481 e. The van der Waals surface area contributed by atoms with Crippen molar-refractivity contribution in [2.45, 2.75) is 32.6 Å². The average Bonchev–Trinajstić information content (AvgIpc) is 2.55. The van der Waals surface area contributed by atoms with Gasteiger partial charge in [-0.3, -0.25) is 14.4 Å². The highest BCUT2D eigenvalue weighted by Gasteiger charge is 2.45. The van der Waals surface area contributed by atoms with Crippen LogP contribution >= 0.6 is 0 Å². The Hall–Kier alpha value is -2.24. The predicted molar refractivity (Wildman–Crippen MR) is 90.5 cm³/mol. The number of rotatable bonds is 6. The second kappa shape index (κ2) is 7.76. The number of hydrogen-bond donors (Lipinski definition) is 1. The van der Waals surface area contributed by atoms with Crippen molar-refractivity contribution in [1.29, 1.82) is 0 Å². The molecule has 0 radical (unpaired) electrons. The van der Waals surface area contributed by atoms with E-state index in [1.165, 1.54) is 24.3 Å². The molecule has 1 fully saturated rings. The Morgan fingerprint density at radius 1 is 1.24 bits per heavy atom. The topological polar surface area (TPSA) is 74.7 Å². The molecule has 3 unspecified atom stereocenters. The smallest absolute Gasteiger partial charge is 0.314 e. The summed E-state index contributed by atoms with van der Waals surface area (Å²) in [6, 6.07) is 5.42. The van der Waals surface area contributed by atoms with Crippen LogP contribution in [0.25, 0.3) is 0 Å². The van der Waals surface area contributed by atoms with Gasteiger partial charge in [0, 0.05) is 31.3 Å². The predicted octanol–water partition coefficient (Wildman–Crippen LogP) is 2.70. The number of carboxylic acids is 1. The molecule has 0 spiro atoms. The van der Waals surface area contributed by atoms with E-state index in [4.69, 9.17) is 0 Å². The summed E-state index contributed by atoms with van der Waals surface area (Å²) in [5.74, 6) is -5.47. The number of Topliss-reactive ketones (excluding diaryl/α,β-unsaturated/α-hetero) is 1. The van der Waals surface area contributed by atoms with E-state index in [9.17, 15) is 23.9 Å². The number of aliphatic carboxylic acids is 1. The molecular weight excluding hydrogens is 325 g/mol. The van der Waals surface area contributed by atoms with Crippen LogP contribution in [0.1, 0.15) is 38.2 Å². The van der Waals surface area contributed by atoms with Crippen LogP contribution < -0.4 is 0 Å². The highest BCUT2D eigenvalue weighted by Crippen LogP contribution is 2.39. The van der Waals surface area contributed by atoms with Crippen LogP contribution in [-0.2, 0) is 14.4 Å². The molecule has 3 atom stereocenters. The van der Waals surface area contributed by atoms with Crippen LogP contribution in [0.2, 0.25) is 0 Å². The first-order chi connectivity index (χ1) is 11.7. The molecule has 1 amide bonds.